The Balaban J connectivity index is 2.44. The SMILES string of the molecule is CN=C(NC)N(C)C(c1ccccc1)c1ccc(C(=O)N(C)C)cc1. The summed E-state index contributed by atoms with van der Waals surface area (Å²) in [5.74, 6) is 0.796. The molecule has 25 heavy (non-hydrogen) atoms. The van der Waals surface area contributed by atoms with Crippen molar-refractivity contribution < 1.29 is 4.79 Å². The fourth-order valence-corrected chi connectivity index (χ4v) is 2.91. The number of rotatable bonds is 4. The van der Waals surface area contributed by atoms with Gasteiger partial charge in [-0.3, -0.25) is 9.79 Å². The van der Waals surface area contributed by atoms with Gasteiger partial charge in [-0.05, 0) is 23.3 Å². The average molecular weight is 338 g/mol. The Morgan fingerprint density at radius 3 is 2.00 bits per heavy atom. The van der Waals surface area contributed by atoms with Crippen LogP contribution in [-0.2, 0) is 0 Å². The third kappa shape index (κ3) is 4.18. The summed E-state index contributed by atoms with van der Waals surface area (Å²) in [7, 11) is 9.15. The minimum Gasteiger partial charge on any atom is -0.359 e. The van der Waals surface area contributed by atoms with Crippen LogP contribution in [0.3, 0.4) is 0 Å². The summed E-state index contributed by atoms with van der Waals surface area (Å²) in [6.07, 6.45) is 0. The summed E-state index contributed by atoms with van der Waals surface area (Å²) >= 11 is 0. The topological polar surface area (TPSA) is 47.9 Å². The van der Waals surface area contributed by atoms with Crippen LogP contribution in [0, 0.1) is 0 Å². The summed E-state index contributed by atoms with van der Waals surface area (Å²) in [5.41, 5.74) is 2.94. The number of aliphatic imine (C=N–C) groups is 1. The summed E-state index contributed by atoms with van der Waals surface area (Å²) in [6.45, 7) is 0. The van der Waals surface area contributed by atoms with Crippen LogP contribution >= 0.6 is 0 Å². The molecule has 1 N–H and O–H groups in total. The summed E-state index contributed by atoms with van der Waals surface area (Å²) < 4.78 is 0. The highest BCUT2D eigenvalue weighted by Crippen LogP contribution is 2.28. The predicted molar refractivity (Wildman–Crippen MR) is 103 cm³/mol. The number of amides is 1. The molecule has 5 heteroatoms. The smallest absolute Gasteiger partial charge is 0.253 e. The van der Waals surface area contributed by atoms with Gasteiger partial charge in [0.1, 0.15) is 0 Å². The number of hydrogen-bond donors (Lipinski definition) is 1. The standard InChI is InChI=1S/C20H26N4O/c1-21-20(22-2)24(5)18(15-9-7-6-8-10-15)16-11-13-17(14-12-16)19(25)23(3)4/h6-14,18H,1-5H3,(H,21,22). The molecule has 0 aromatic heterocycles. The molecule has 0 aliphatic carbocycles. The number of carbonyl (C=O) groups excluding carboxylic acids is 1. The first-order valence-corrected chi connectivity index (χ1v) is 8.23. The van der Waals surface area contributed by atoms with Crippen LogP contribution in [0.15, 0.2) is 59.6 Å². The van der Waals surface area contributed by atoms with Gasteiger partial charge in [0, 0.05) is 40.8 Å². The van der Waals surface area contributed by atoms with Gasteiger partial charge in [-0.25, -0.2) is 0 Å². The number of nitrogens with zero attached hydrogens (tertiary/aromatic N) is 3. The Morgan fingerprint density at radius 2 is 1.52 bits per heavy atom. The minimum absolute atomic E-state index is 0.00204. The maximum absolute atomic E-state index is 12.1. The van der Waals surface area contributed by atoms with E-state index in [1.165, 1.54) is 0 Å². The first kappa shape index (κ1) is 18.5. The normalized spacial score (nSPS) is 12.4. The molecule has 0 radical (unpaired) electrons. The van der Waals surface area contributed by atoms with E-state index in [1.54, 1.807) is 26.0 Å². The van der Waals surface area contributed by atoms with E-state index in [-0.39, 0.29) is 11.9 Å². The fraction of sp³-hybridized carbons (Fsp3) is 0.300. The van der Waals surface area contributed by atoms with Crippen molar-refractivity contribution in [1.29, 1.82) is 0 Å². The third-order valence-corrected chi connectivity index (χ3v) is 4.15. The Bertz CT molecular complexity index is 723. The molecule has 0 saturated carbocycles. The van der Waals surface area contributed by atoms with Crippen LogP contribution in [0.1, 0.15) is 27.5 Å². The van der Waals surface area contributed by atoms with Gasteiger partial charge in [-0.2, -0.15) is 0 Å². The molecule has 0 aliphatic rings. The van der Waals surface area contributed by atoms with Gasteiger partial charge in [0.15, 0.2) is 5.96 Å². The second kappa shape index (κ2) is 8.33. The summed E-state index contributed by atoms with van der Waals surface area (Å²) in [6, 6.07) is 18.0. The van der Waals surface area contributed by atoms with Gasteiger partial charge in [0.25, 0.3) is 5.91 Å². The number of hydrogen-bond acceptors (Lipinski definition) is 2. The molecule has 0 saturated heterocycles. The van der Waals surface area contributed by atoms with E-state index >= 15 is 0 Å². The van der Waals surface area contributed by atoms with Gasteiger partial charge < -0.3 is 15.1 Å². The van der Waals surface area contributed by atoms with Crippen LogP contribution in [-0.4, -0.2) is 56.9 Å². The zero-order valence-corrected chi connectivity index (χ0v) is 15.5. The van der Waals surface area contributed by atoms with E-state index in [0.29, 0.717) is 5.56 Å². The van der Waals surface area contributed by atoms with E-state index in [2.05, 4.69) is 27.3 Å². The number of carbonyl (C=O) groups is 1. The van der Waals surface area contributed by atoms with Gasteiger partial charge in [-0.1, -0.05) is 42.5 Å². The zero-order valence-electron chi connectivity index (χ0n) is 15.5. The van der Waals surface area contributed by atoms with Crippen LogP contribution in [0.2, 0.25) is 0 Å². The second-order valence-electron chi connectivity index (χ2n) is 6.04. The van der Waals surface area contributed by atoms with Crippen molar-refractivity contribution in [3.05, 3.63) is 71.3 Å². The van der Waals surface area contributed by atoms with Crippen molar-refractivity contribution in [2.24, 2.45) is 4.99 Å². The van der Waals surface area contributed by atoms with Crippen molar-refractivity contribution in [2.45, 2.75) is 6.04 Å². The summed E-state index contributed by atoms with van der Waals surface area (Å²) in [5, 5.41) is 3.13. The molecule has 1 unspecified atom stereocenters. The maximum atomic E-state index is 12.1. The molecule has 0 heterocycles. The highest BCUT2D eigenvalue weighted by Gasteiger charge is 2.22. The second-order valence-corrected chi connectivity index (χ2v) is 6.04. The van der Waals surface area contributed by atoms with Crippen LogP contribution < -0.4 is 5.32 Å². The highest BCUT2D eigenvalue weighted by molar-refractivity contribution is 5.93. The molecule has 0 spiro atoms. The molecule has 2 aromatic rings. The van der Waals surface area contributed by atoms with E-state index in [1.807, 2.05) is 56.6 Å². The monoisotopic (exact) mass is 338 g/mol. The maximum Gasteiger partial charge on any atom is 0.253 e. The number of benzene rings is 2. The lowest BCUT2D eigenvalue weighted by atomic mass is 9.96. The van der Waals surface area contributed by atoms with E-state index in [4.69, 9.17) is 0 Å². The van der Waals surface area contributed by atoms with Crippen molar-refractivity contribution >= 4 is 11.9 Å². The van der Waals surface area contributed by atoms with Crippen LogP contribution in [0.4, 0.5) is 0 Å². The molecular weight excluding hydrogens is 312 g/mol. The lowest BCUT2D eigenvalue weighted by Crippen LogP contribution is -2.39. The summed E-state index contributed by atoms with van der Waals surface area (Å²) in [4.78, 5) is 20.1. The molecule has 1 atom stereocenters. The fourth-order valence-electron chi connectivity index (χ4n) is 2.91. The van der Waals surface area contributed by atoms with Gasteiger partial charge in [-0.15, -0.1) is 0 Å². The Morgan fingerprint density at radius 1 is 0.960 bits per heavy atom. The Labute approximate surface area is 150 Å². The Hall–Kier alpha value is -2.82. The Kier molecular flexibility index (Phi) is 6.17. The van der Waals surface area contributed by atoms with Crippen molar-refractivity contribution in [2.75, 3.05) is 35.2 Å². The number of guanidine groups is 1. The quantitative estimate of drug-likeness (QED) is 0.689. The minimum atomic E-state index is -0.00384. The molecular formula is C20H26N4O. The predicted octanol–water partition coefficient (Wildman–Crippen LogP) is 2.61. The molecule has 132 valence electrons. The zero-order chi connectivity index (χ0) is 18.4. The van der Waals surface area contributed by atoms with Crippen molar-refractivity contribution in [3.63, 3.8) is 0 Å². The largest absolute Gasteiger partial charge is 0.359 e. The molecule has 2 rings (SSSR count). The molecule has 0 fully saturated rings. The average Bonchev–Trinajstić information content (AvgIpc) is 2.64. The lowest BCUT2D eigenvalue weighted by Gasteiger charge is -2.31. The highest BCUT2D eigenvalue weighted by atomic mass is 16.2. The van der Waals surface area contributed by atoms with Crippen molar-refractivity contribution in [3.8, 4) is 0 Å². The molecule has 1 amide bonds. The third-order valence-electron chi connectivity index (χ3n) is 4.15. The lowest BCUT2D eigenvalue weighted by molar-refractivity contribution is 0.0827. The van der Waals surface area contributed by atoms with E-state index < -0.39 is 0 Å². The van der Waals surface area contributed by atoms with E-state index in [0.717, 1.165) is 17.1 Å². The van der Waals surface area contributed by atoms with Gasteiger partial charge >= 0.3 is 0 Å². The molecule has 5 nitrogen and oxygen atoms in total. The van der Waals surface area contributed by atoms with Gasteiger partial charge in [0.05, 0.1) is 6.04 Å². The molecule has 0 bridgehead atoms. The van der Waals surface area contributed by atoms with Crippen LogP contribution in [0.25, 0.3) is 0 Å². The first-order chi connectivity index (χ1) is 12.0. The number of nitrogens with one attached hydrogen (secondary N) is 1. The van der Waals surface area contributed by atoms with E-state index in [9.17, 15) is 4.79 Å². The van der Waals surface area contributed by atoms with Crippen LogP contribution in [0.5, 0.6) is 0 Å². The van der Waals surface area contributed by atoms with Crippen molar-refractivity contribution in [1.82, 2.24) is 15.1 Å². The molecule has 2 aromatic carbocycles. The molecule has 0 aliphatic heterocycles. The van der Waals surface area contributed by atoms with Gasteiger partial charge in [0.2, 0.25) is 0 Å². The first-order valence-electron chi connectivity index (χ1n) is 8.23.